The first-order valence-corrected chi connectivity index (χ1v) is 4.88. The van der Waals surface area contributed by atoms with Crippen molar-refractivity contribution in [1.29, 1.82) is 0 Å². The molecule has 0 saturated heterocycles. The van der Waals surface area contributed by atoms with Crippen LogP contribution < -0.4 is 0 Å². The summed E-state index contributed by atoms with van der Waals surface area (Å²) in [4.78, 5) is 10.2. The first kappa shape index (κ1) is 9.97. The van der Waals surface area contributed by atoms with Crippen LogP contribution in [0.5, 0.6) is 0 Å². The molecule has 0 bridgehead atoms. The summed E-state index contributed by atoms with van der Waals surface area (Å²) in [7, 11) is 0. The van der Waals surface area contributed by atoms with Gasteiger partial charge in [0.2, 0.25) is 0 Å². The molecule has 0 amide bonds. The van der Waals surface area contributed by atoms with Crippen LogP contribution in [0.1, 0.15) is 30.9 Å². The number of benzene rings is 1. The predicted molar refractivity (Wildman–Crippen MR) is 54.8 cm³/mol. The van der Waals surface area contributed by atoms with E-state index in [9.17, 15) is 4.79 Å². The molecule has 0 aliphatic heterocycles. The van der Waals surface area contributed by atoms with E-state index >= 15 is 0 Å². The van der Waals surface area contributed by atoms with Crippen molar-refractivity contribution >= 4 is 6.29 Å². The first-order valence-electron chi connectivity index (χ1n) is 4.88. The molecule has 13 heavy (non-hydrogen) atoms. The average molecular weight is 176 g/mol. The van der Waals surface area contributed by atoms with Crippen molar-refractivity contribution in [2.45, 2.75) is 32.6 Å². The summed E-state index contributed by atoms with van der Waals surface area (Å²) in [6.45, 7) is 2.18. The van der Waals surface area contributed by atoms with Crippen LogP contribution in [0.3, 0.4) is 0 Å². The second kappa shape index (κ2) is 5.52. The number of carbonyl (C=O) groups excluding carboxylic acids is 1. The van der Waals surface area contributed by atoms with Gasteiger partial charge in [0, 0.05) is 6.42 Å². The molecule has 1 aromatic carbocycles. The van der Waals surface area contributed by atoms with Crippen LogP contribution in [0.25, 0.3) is 0 Å². The standard InChI is InChI=1S/C12H16O/c1-2-5-11-6-3-7-12(10-11)8-4-9-13/h3,6-7,9-10H,2,4-5,8H2,1H3. The minimum absolute atomic E-state index is 0.635. The molecule has 1 rings (SSSR count). The van der Waals surface area contributed by atoms with Crippen LogP contribution in [0.15, 0.2) is 24.3 Å². The van der Waals surface area contributed by atoms with Crippen molar-refractivity contribution in [2.24, 2.45) is 0 Å². The van der Waals surface area contributed by atoms with E-state index < -0.39 is 0 Å². The maximum absolute atomic E-state index is 10.2. The number of hydrogen-bond donors (Lipinski definition) is 0. The zero-order valence-electron chi connectivity index (χ0n) is 8.12. The normalized spacial score (nSPS) is 9.92. The third-order valence-corrected chi connectivity index (χ3v) is 2.08. The van der Waals surface area contributed by atoms with Crippen LogP contribution in [0, 0.1) is 0 Å². The number of aryl methyl sites for hydroxylation is 2. The smallest absolute Gasteiger partial charge is 0.120 e. The monoisotopic (exact) mass is 176 g/mol. The van der Waals surface area contributed by atoms with E-state index in [1.807, 2.05) is 0 Å². The molecule has 0 aliphatic carbocycles. The van der Waals surface area contributed by atoms with Crippen LogP contribution >= 0.6 is 0 Å². The molecule has 0 fully saturated rings. The lowest BCUT2D eigenvalue weighted by molar-refractivity contribution is -0.107. The molecule has 70 valence electrons. The number of aldehydes is 1. The largest absolute Gasteiger partial charge is 0.303 e. The summed E-state index contributed by atoms with van der Waals surface area (Å²) in [5.74, 6) is 0. The van der Waals surface area contributed by atoms with Gasteiger partial charge in [0.15, 0.2) is 0 Å². The molecule has 0 spiro atoms. The Labute approximate surface area is 79.8 Å². The summed E-state index contributed by atoms with van der Waals surface area (Å²) in [5.41, 5.74) is 2.66. The molecule has 1 nitrogen and oxygen atoms in total. The lowest BCUT2D eigenvalue weighted by Crippen LogP contribution is -1.89. The van der Waals surface area contributed by atoms with Crippen molar-refractivity contribution in [2.75, 3.05) is 0 Å². The SMILES string of the molecule is CCCc1cccc(CCC=O)c1. The maximum Gasteiger partial charge on any atom is 0.120 e. The predicted octanol–water partition coefficient (Wildman–Crippen LogP) is 2.77. The number of rotatable bonds is 5. The second-order valence-corrected chi connectivity index (χ2v) is 3.28. The van der Waals surface area contributed by atoms with E-state index in [0.717, 1.165) is 19.1 Å². The van der Waals surface area contributed by atoms with Gasteiger partial charge in [-0.15, -0.1) is 0 Å². The highest BCUT2D eigenvalue weighted by Crippen LogP contribution is 2.08. The third-order valence-electron chi connectivity index (χ3n) is 2.08. The Bertz CT molecular complexity index is 266. The Balaban J connectivity index is 2.61. The fraction of sp³-hybridized carbons (Fsp3) is 0.417. The van der Waals surface area contributed by atoms with Gasteiger partial charge in [0.1, 0.15) is 6.29 Å². The fourth-order valence-electron chi connectivity index (χ4n) is 1.45. The first-order chi connectivity index (χ1) is 6.36. The molecule has 0 aromatic heterocycles. The molecule has 0 aliphatic rings. The Morgan fingerprint density at radius 2 is 1.92 bits per heavy atom. The highest BCUT2D eigenvalue weighted by molar-refractivity contribution is 5.50. The summed E-state index contributed by atoms with van der Waals surface area (Å²) >= 11 is 0. The third kappa shape index (κ3) is 3.41. The lowest BCUT2D eigenvalue weighted by atomic mass is 10.0. The van der Waals surface area contributed by atoms with Gasteiger partial charge in [-0.05, 0) is 24.0 Å². The van der Waals surface area contributed by atoms with E-state index in [2.05, 4.69) is 31.2 Å². The topological polar surface area (TPSA) is 17.1 Å². The lowest BCUT2D eigenvalue weighted by Gasteiger charge is -2.01. The maximum atomic E-state index is 10.2. The van der Waals surface area contributed by atoms with Gasteiger partial charge in [-0.2, -0.15) is 0 Å². The summed E-state index contributed by atoms with van der Waals surface area (Å²) in [6.07, 6.45) is 4.80. The fourth-order valence-corrected chi connectivity index (χ4v) is 1.45. The van der Waals surface area contributed by atoms with Gasteiger partial charge < -0.3 is 4.79 Å². The molecular formula is C12H16O. The Morgan fingerprint density at radius 1 is 1.23 bits per heavy atom. The number of hydrogen-bond acceptors (Lipinski definition) is 1. The van der Waals surface area contributed by atoms with Crippen molar-refractivity contribution in [3.05, 3.63) is 35.4 Å². The molecule has 0 N–H and O–H groups in total. The zero-order valence-corrected chi connectivity index (χ0v) is 8.12. The molecule has 0 radical (unpaired) electrons. The molecule has 1 aromatic rings. The van der Waals surface area contributed by atoms with Crippen molar-refractivity contribution in [3.8, 4) is 0 Å². The Morgan fingerprint density at radius 3 is 2.54 bits per heavy atom. The van der Waals surface area contributed by atoms with Crippen molar-refractivity contribution < 1.29 is 4.79 Å². The van der Waals surface area contributed by atoms with E-state index in [4.69, 9.17) is 0 Å². The van der Waals surface area contributed by atoms with Gasteiger partial charge in [-0.25, -0.2) is 0 Å². The zero-order chi connectivity index (χ0) is 9.52. The molecule has 0 heterocycles. The van der Waals surface area contributed by atoms with Gasteiger partial charge in [0.25, 0.3) is 0 Å². The minimum atomic E-state index is 0.635. The van der Waals surface area contributed by atoms with Gasteiger partial charge in [-0.1, -0.05) is 37.6 Å². The molecular weight excluding hydrogens is 160 g/mol. The van der Waals surface area contributed by atoms with E-state index in [1.165, 1.54) is 17.5 Å². The number of carbonyl (C=O) groups is 1. The van der Waals surface area contributed by atoms with Crippen molar-refractivity contribution in [1.82, 2.24) is 0 Å². The van der Waals surface area contributed by atoms with Crippen LogP contribution in [0.2, 0.25) is 0 Å². The van der Waals surface area contributed by atoms with E-state index in [-0.39, 0.29) is 0 Å². The van der Waals surface area contributed by atoms with E-state index in [0.29, 0.717) is 6.42 Å². The Hall–Kier alpha value is -1.11. The average Bonchev–Trinajstić information content (AvgIpc) is 2.16. The Kier molecular flexibility index (Phi) is 4.24. The van der Waals surface area contributed by atoms with E-state index in [1.54, 1.807) is 0 Å². The van der Waals surface area contributed by atoms with Gasteiger partial charge >= 0.3 is 0 Å². The molecule has 0 saturated carbocycles. The molecule has 0 atom stereocenters. The summed E-state index contributed by atoms with van der Waals surface area (Å²) in [5, 5.41) is 0. The summed E-state index contributed by atoms with van der Waals surface area (Å²) < 4.78 is 0. The van der Waals surface area contributed by atoms with Crippen LogP contribution in [0.4, 0.5) is 0 Å². The van der Waals surface area contributed by atoms with Crippen LogP contribution in [-0.2, 0) is 17.6 Å². The van der Waals surface area contributed by atoms with Crippen LogP contribution in [-0.4, -0.2) is 6.29 Å². The van der Waals surface area contributed by atoms with Gasteiger partial charge in [-0.3, -0.25) is 0 Å². The molecule has 1 heteroatoms. The highest BCUT2D eigenvalue weighted by atomic mass is 16.1. The molecule has 0 unspecified atom stereocenters. The second-order valence-electron chi connectivity index (χ2n) is 3.28. The van der Waals surface area contributed by atoms with Crippen molar-refractivity contribution in [3.63, 3.8) is 0 Å². The summed E-state index contributed by atoms with van der Waals surface area (Å²) in [6, 6.07) is 8.51. The van der Waals surface area contributed by atoms with Gasteiger partial charge in [0.05, 0.1) is 0 Å². The quantitative estimate of drug-likeness (QED) is 0.630. The minimum Gasteiger partial charge on any atom is -0.303 e. The highest BCUT2D eigenvalue weighted by Gasteiger charge is 1.94.